The topological polar surface area (TPSA) is 71.5 Å². The monoisotopic (exact) mass is 484 g/mol. The van der Waals surface area contributed by atoms with E-state index in [0.717, 1.165) is 49.9 Å². The van der Waals surface area contributed by atoms with E-state index in [4.69, 9.17) is 4.74 Å². The quantitative estimate of drug-likeness (QED) is 0.475. The van der Waals surface area contributed by atoms with Crippen LogP contribution in [0.15, 0.2) is 66.9 Å². The molecule has 188 valence electrons. The summed E-state index contributed by atoms with van der Waals surface area (Å²) in [5, 5.41) is 14.4. The minimum Gasteiger partial charge on any atom is -0.387 e. The van der Waals surface area contributed by atoms with Gasteiger partial charge in [-0.2, -0.15) is 0 Å². The van der Waals surface area contributed by atoms with Gasteiger partial charge in [0.1, 0.15) is 0 Å². The Hall–Kier alpha value is -3.02. The van der Waals surface area contributed by atoms with Gasteiger partial charge < -0.3 is 15.2 Å². The fourth-order valence-electron chi connectivity index (χ4n) is 6.61. The van der Waals surface area contributed by atoms with E-state index in [1.165, 1.54) is 16.7 Å². The van der Waals surface area contributed by atoms with Gasteiger partial charge in [0.05, 0.1) is 23.6 Å². The number of aromatic nitrogens is 1. The van der Waals surface area contributed by atoms with Crippen molar-refractivity contribution in [3.8, 4) is 0 Å². The van der Waals surface area contributed by atoms with Gasteiger partial charge in [-0.15, -0.1) is 0 Å². The van der Waals surface area contributed by atoms with Crippen LogP contribution in [0, 0.1) is 12.8 Å². The standard InChI is InChI=1S/C31H36N2O3/c1-22-28(12-7-17-32-22)33-29(34)25-13-14-27-24(18-25)10-6-11-26-20-30(35,21-36-2)15-16-31(26,27)19-23-8-4-3-5-9-23/h3-5,7-9,12-14,17-18,26,35H,6,10-11,15-16,19-21H2,1-2H3,(H,33,34)/t26-,30+,31-/m1/s1. The summed E-state index contributed by atoms with van der Waals surface area (Å²) in [6.07, 6.45) is 8.08. The number of ether oxygens (including phenoxy) is 1. The molecule has 0 radical (unpaired) electrons. The van der Waals surface area contributed by atoms with Crippen molar-refractivity contribution in [3.63, 3.8) is 0 Å². The average Bonchev–Trinajstić information content (AvgIpc) is 3.02. The molecule has 1 aromatic heterocycles. The Bertz CT molecular complexity index is 1230. The molecule has 0 saturated heterocycles. The average molecular weight is 485 g/mol. The lowest BCUT2D eigenvalue weighted by Crippen LogP contribution is -2.50. The summed E-state index contributed by atoms with van der Waals surface area (Å²) in [6, 6.07) is 20.7. The van der Waals surface area contributed by atoms with Crippen LogP contribution in [-0.4, -0.2) is 35.3 Å². The number of aryl methyl sites for hydroxylation is 2. The molecule has 5 heteroatoms. The summed E-state index contributed by atoms with van der Waals surface area (Å²) in [7, 11) is 1.67. The van der Waals surface area contributed by atoms with E-state index in [2.05, 4.69) is 52.8 Å². The SMILES string of the molecule is COC[C@]1(O)CC[C@]2(Cc3ccccc3)c3ccc(C(=O)Nc4cccnc4C)cc3CCC[C@@H]2C1. The van der Waals surface area contributed by atoms with Crippen molar-refractivity contribution in [1.82, 2.24) is 4.98 Å². The number of nitrogens with zero attached hydrogens (tertiary/aromatic N) is 1. The Labute approximate surface area is 213 Å². The van der Waals surface area contributed by atoms with Crippen LogP contribution in [0.1, 0.15) is 64.8 Å². The summed E-state index contributed by atoms with van der Waals surface area (Å²) in [4.78, 5) is 17.4. The first-order valence-electron chi connectivity index (χ1n) is 13.0. The third kappa shape index (κ3) is 4.82. The molecule has 1 amide bonds. The van der Waals surface area contributed by atoms with E-state index in [1.54, 1.807) is 13.3 Å². The molecule has 3 aromatic rings. The smallest absolute Gasteiger partial charge is 0.255 e. The molecule has 0 unspecified atom stereocenters. The van der Waals surface area contributed by atoms with Crippen molar-refractivity contribution < 1.29 is 14.6 Å². The maximum atomic E-state index is 13.2. The van der Waals surface area contributed by atoms with Crippen LogP contribution >= 0.6 is 0 Å². The summed E-state index contributed by atoms with van der Waals surface area (Å²) in [6.45, 7) is 2.28. The number of rotatable bonds is 6. The second-order valence-electron chi connectivity index (χ2n) is 10.7. The number of carbonyl (C=O) groups excluding carboxylic acids is 1. The van der Waals surface area contributed by atoms with E-state index in [0.29, 0.717) is 24.5 Å². The van der Waals surface area contributed by atoms with Gasteiger partial charge in [-0.3, -0.25) is 9.78 Å². The Morgan fingerprint density at radius 1 is 1.14 bits per heavy atom. The van der Waals surface area contributed by atoms with E-state index in [1.807, 2.05) is 25.1 Å². The second kappa shape index (κ2) is 10.2. The van der Waals surface area contributed by atoms with Crippen LogP contribution < -0.4 is 5.32 Å². The van der Waals surface area contributed by atoms with Crippen molar-refractivity contribution in [2.75, 3.05) is 19.0 Å². The van der Waals surface area contributed by atoms with Crippen LogP contribution in [0.2, 0.25) is 0 Å². The lowest BCUT2D eigenvalue weighted by Gasteiger charge is -2.50. The molecule has 5 rings (SSSR count). The third-order valence-electron chi connectivity index (χ3n) is 8.38. The van der Waals surface area contributed by atoms with E-state index >= 15 is 0 Å². The number of nitrogens with one attached hydrogen (secondary N) is 1. The fourth-order valence-corrected chi connectivity index (χ4v) is 6.61. The van der Waals surface area contributed by atoms with Gasteiger partial charge in [-0.05, 0) is 98.7 Å². The normalized spacial score (nSPS) is 25.4. The highest BCUT2D eigenvalue weighted by Gasteiger charge is 2.50. The third-order valence-corrected chi connectivity index (χ3v) is 8.38. The Morgan fingerprint density at radius 3 is 2.75 bits per heavy atom. The molecular formula is C31H36N2O3. The molecular weight excluding hydrogens is 448 g/mol. The zero-order valence-corrected chi connectivity index (χ0v) is 21.3. The molecule has 0 aliphatic heterocycles. The fraction of sp³-hybridized carbons (Fsp3) is 0.419. The highest BCUT2D eigenvalue weighted by atomic mass is 16.5. The first-order valence-corrected chi connectivity index (χ1v) is 13.0. The molecule has 0 spiro atoms. The first-order chi connectivity index (χ1) is 17.4. The van der Waals surface area contributed by atoms with Crippen LogP contribution in [0.3, 0.4) is 0 Å². The summed E-state index contributed by atoms with van der Waals surface area (Å²) < 4.78 is 5.42. The molecule has 1 saturated carbocycles. The molecule has 2 N–H and O–H groups in total. The van der Waals surface area contributed by atoms with Crippen LogP contribution in [0.5, 0.6) is 0 Å². The number of hydrogen-bond donors (Lipinski definition) is 2. The van der Waals surface area contributed by atoms with Crippen molar-refractivity contribution in [2.24, 2.45) is 5.92 Å². The van der Waals surface area contributed by atoms with Gasteiger partial charge >= 0.3 is 0 Å². The maximum Gasteiger partial charge on any atom is 0.255 e. The highest BCUT2D eigenvalue weighted by molar-refractivity contribution is 6.04. The number of amides is 1. The second-order valence-corrected chi connectivity index (χ2v) is 10.7. The first kappa shape index (κ1) is 24.7. The number of anilines is 1. The summed E-state index contributed by atoms with van der Waals surface area (Å²) in [5.41, 5.74) is 5.31. The number of aliphatic hydroxyl groups is 1. The molecule has 0 bridgehead atoms. The van der Waals surface area contributed by atoms with E-state index < -0.39 is 5.60 Å². The number of carbonyl (C=O) groups is 1. The maximum absolute atomic E-state index is 13.2. The molecule has 2 aliphatic carbocycles. The van der Waals surface area contributed by atoms with E-state index in [9.17, 15) is 9.90 Å². The number of hydrogen-bond acceptors (Lipinski definition) is 4. The zero-order chi connectivity index (χ0) is 25.2. The molecule has 2 aromatic carbocycles. The van der Waals surface area contributed by atoms with Gasteiger partial charge in [0, 0.05) is 24.3 Å². The molecule has 1 fully saturated rings. The lowest BCUT2D eigenvalue weighted by atomic mass is 9.56. The predicted octanol–water partition coefficient (Wildman–Crippen LogP) is 5.64. The van der Waals surface area contributed by atoms with Crippen LogP contribution in [0.4, 0.5) is 5.69 Å². The van der Waals surface area contributed by atoms with Crippen LogP contribution in [-0.2, 0) is 23.0 Å². The summed E-state index contributed by atoms with van der Waals surface area (Å²) >= 11 is 0. The Balaban J connectivity index is 1.52. The number of pyridine rings is 1. The van der Waals surface area contributed by atoms with Crippen LogP contribution in [0.25, 0.3) is 0 Å². The predicted molar refractivity (Wildman–Crippen MR) is 142 cm³/mol. The number of methoxy groups -OCH3 is 1. The molecule has 5 nitrogen and oxygen atoms in total. The zero-order valence-electron chi connectivity index (χ0n) is 21.3. The molecule has 1 heterocycles. The van der Waals surface area contributed by atoms with Gasteiger partial charge in [0.15, 0.2) is 0 Å². The van der Waals surface area contributed by atoms with Crippen molar-refractivity contribution in [2.45, 2.75) is 62.9 Å². The highest BCUT2D eigenvalue weighted by Crippen LogP contribution is 2.53. The largest absolute Gasteiger partial charge is 0.387 e. The molecule has 36 heavy (non-hydrogen) atoms. The number of fused-ring (bicyclic) bond motifs is 3. The molecule has 3 atom stereocenters. The van der Waals surface area contributed by atoms with Gasteiger partial charge in [-0.1, -0.05) is 36.4 Å². The van der Waals surface area contributed by atoms with Crippen molar-refractivity contribution >= 4 is 11.6 Å². The van der Waals surface area contributed by atoms with Gasteiger partial charge in [0.25, 0.3) is 5.91 Å². The minimum absolute atomic E-state index is 0.0674. The Kier molecular flexibility index (Phi) is 6.96. The van der Waals surface area contributed by atoms with Crippen molar-refractivity contribution in [1.29, 1.82) is 0 Å². The summed E-state index contributed by atoms with van der Waals surface area (Å²) in [5.74, 6) is 0.246. The van der Waals surface area contributed by atoms with Gasteiger partial charge in [-0.25, -0.2) is 0 Å². The molecule has 2 aliphatic rings. The van der Waals surface area contributed by atoms with Crippen molar-refractivity contribution in [3.05, 3.63) is 94.8 Å². The Morgan fingerprint density at radius 2 is 1.97 bits per heavy atom. The van der Waals surface area contributed by atoms with Gasteiger partial charge in [0.2, 0.25) is 0 Å². The van der Waals surface area contributed by atoms with E-state index in [-0.39, 0.29) is 11.3 Å². The minimum atomic E-state index is -0.772. The number of benzene rings is 2. The lowest BCUT2D eigenvalue weighted by molar-refractivity contribution is -0.0898.